The van der Waals surface area contributed by atoms with Gasteiger partial charge in [0.2, 0.25) is 0 Å². The summed E-state index contributed by atoms with van der Waals surface area (Å²) in [6, 6.07) is 28.2. The number of rotatable bonds is 0. The molecule has 2 N–H and O–H groups in total. The second-order valence-electron chi connectivity index (χ2n) is 7.97. The molecule has 2 aliphatic rings. The first-order chi connectivity index (χ1) is 14.7. The van der Waals surface area contributed by atoms with Crippen LogP contribution in [0.15, 0.2) is 84.9 Å². The summed E-state index contributed by atoms with van der Waals surface area (Å²) in [4.78, 5) is 0. The van der Waals surface area contributed by atoms with Gasteiger partial charge in [-0.25, -0.2) is 0 Å². The van der Waals surface area contributed by atoms with Gasteiger partial charge in [0.25, 0.3) is 0 Å². The molecule has 30 heavy (non-hydrogen) atoms. The Balaban J connectivity index is 1.81. The van der Waals surface area contributed by atoms with Crippen molar-refractivity contribution in [1.29, 1.82) is 0 Å². The van der Waals surface area contributed by atoms with Crippen molar-refractivity contribution in [2.75, 3.05) is 0 Å². The summed E-state index contributed by atoms with van der Waals surface area (Å²) in [5, 5.41) is 26.3. The van der Waals surface area contributed by atoms with Crippen LogP contribution in [0.1, 0.15) is 45.6 Å². The summed E-state index contributed by atoms with van der Waals surface area (Å²) in [6.07, 6.45) is 3.05. The van der Waals surface area contributed by atoms with Gasteiger partial charge < -0.3 is 10.2 Å². The molecule has 2 heteroatoms. The van der Waals surface area contributed by atoms with Crippen molar-refractivity contribution in [2.24, 2.45) is 0 Å². The molecule has 0 saturated heterocycles. The van der Waals surface area contributed by atoms with Crippen LogP contribution in [-0.2, 0) is 0 Å². The standard InChI is InChI=1S/C28H20O2/c29-27-19-9-3-1-7-17(19)15-25-21(11-5-13-23(25)27)22-12-6-14-24-26(22)16-18-8-2-4-10-20(18)28(24)30/h1-16,27-30H. The van der Waals surface area contributed by atoms with Crippen LogP contribution in [-0.4, -0.2) is 10.2 Å². The van der Waals surface area contributed by atoms with Crippen LogP contribution in [0.25, 0.3) is 12.2 Å². The van der Waals surface area contributed by atoms with Crippen LogP contribution < -0.4 is 10.4 Å². The molecule has 6 rings (SSSR count). The molecule has 144 valence electrons. The molecule has 0 fully saturated rings. The monoisotopic (exact) mass is 388 g/mol. The normalized spacial score (nSPS) is 19.4. The molecule has 0 saturated carbocycles. The van der Waals surface area contributed by atoms with Gasteiger partial charge in [-0.2, -0.15) is 0 Å². The molecule has 0 bridgehead atoms. The minimum absolute atomic E-state index is 0.643. The summed E-state index contributed by atoms with van der Waals surface area (Å²) in [5.74, 6) is 0. The van der Waals surface area contributed by atoms with Gasteiger partial charge in [-0.3, -0.25) is 0 Å². The number of hydrogen-bond donors (Lipinski definition) is 2. The van der Waals surface area contributed by atoms with Crippen molar-refractivity contribution >= 4 is 12.2 Å². The fourth-order valence-electron chi connectivity index (χ4n) is 4.86. The summed E-state index contributed by atoms with van der Waals surface area (Å²) in [7, 11) is 0. The largest absolute Gasteiger partial charge is 0.384 e. The fourth-order valence-corrected chi connectivity index (χ4v) is 4.86. The molecule has 4 aromatic rings. The highest BCUT2D eigenvalue weighted by atomic mass is 16.3. The first-order valence-corrected chi connectivity index (χ1v) is 10.2. The second-order valence-corrected chi connectivity index (χ2v) is 7.97. The van der Waals surface area contributed by atoms with Crippen LogP contribution >= 0.6 is 0 Å². The number of aliphatic hydroxyl groups is 2. The molecule has 0 aromatic heterocycles. The smallest absolute Gasteiger partial charge is 0.105 e. The Kier molecular flexibility index (Phi) is 3.79. The van der Waals surface area contributed by atoms with E-state index in [1.807, 2.05) is 72.8 Å². The SMILES string of the molecule is OC1c2ccccc2C=c2c1cccc2=c1cccc2c1=Cc1ccccc1C2O. The zero-order chi connectivity index (χ0) is 20.2. The lowest BCUT2D eigenvalue weighted by atomic mass is 9.87. The van der Waals surface area contributed by atoms with E-state index in [2.05, 4.69) is 24.3 Å². The predicted molar refractivity (Wildman–Crippen MR) is 118 cm³/mol. The molecule has 0 spiro atoms. The van der Waals surface area contributed by atoms with E-state index in [1.54, 1.807) is 0 Å². The van der Waals surface area contributed by atoms with Crippen molar-refractivity contribution < 1.29 is 10.2 Å². The first-order valence-electron chi connectivity index (χ1n) is 10.2. The Labute approximate surface area is 174 Å². The fraction of sp³-hybridized carbons (Fsp3) is 0.0714. The molecule has 0 radical (unpaired) electrons. The molecule has 0 amide bonds. The maximum Gasteiger partial charge on any atom is 0.105 e. The van der Waals surface area contributed by atoms with Crippen LogP contribution in [0.4, 0.5) is 0 Å². The molecule has 0 heterocycles. The minimum atomic E-state index is -0.643. The van der Waals surface area contributed by atoms with Crippen molar-refractivity contribution in [2.45, 2.75) is 12.2 Å². The zero-order valence-corrected chi connectivity index (χ0v) is 16.3. The maximum absolute atomic E-state index is 11.0. The second kappa shape index (κ2) is 6.53. The van der Waals surface area contributed by atoms with E-state index in [-0.39, 0.29) is 0 Å². The van der Waals surface area contributed by atoms with E-state index in [1.165, 1.54) is 0 Å². The topological polar surface area (TPSA) is 40.5 Å². The van der Waals surface area contributed by atoms with Gasteiger partial charge in [0, 0.05) is 0 Å². The van der Waals surface area contributed by atoms with Gasteiger partial charge in [0.1, 0.15) is 12.2 Å². The Morgan fingerprint density at radius 2 is 0.833 bits per heavy atom. The minimum Gasteiger partial charge on any atom is -0.384 e. The lowest BCUT2D eigenvalue weighted by molar-refractivity contribution is 0.217. The first kappa shape index (κ1) is 17.4. The third kappa shape index (κ3) is 2.45. The zero-order valence-electron chi connectivity index (χ0n) is 16.3. The molecule has 2 aliphatic carbocycles. The molecular weight excluding hydrogens is 368 g/mol. The third-order valence-electron chi connectivity index (χ3n) is 6.34. The average Bonchev–Trinajstić information content (AvgIpc) is 2.79. The van der Waals surface area contributed by atoms with E-state index in [0.717, 1.165) is 54.3 Å². The van der Waals surface area contributed by atoms with E-state index in [0.29, 0.717) is 0 Å². The molecule has 4 aromatic carbocycles. The Morgan fingerprint density at radius 1 is 0.433 bits per heavy atom. The lowest BCUT2D eigenvalue weighted by Crippen LogP contribution is -2.25. The quantitative estimate of drug-likeness (QED) is 0.485. The van der Waals surface area contributed by atoms with Gasteiger partial charge in [-0.15, -0.1) is 0 Å². The van der Waals surface area contributed by atoms with Gasteiger partial charge in [-0.1, -0.05) is 84.9 Å². The van der Waals surface area contributed by atoms with Gasteiger partial charge in [0.05, 0.1) is 0 Å². The van der Waals surface area contributed by atoms with Crippen molar-refractivity contribution in [3.8, 4) is 0 Å². The van der Waals surface area contributed by atoms with Gasteiger partial charge >= 0.3 is 0 Å². The molecule has 0 aliphatic heterocycles. The average molecular weight is 388 g/mol. The highest BCUT2D eigenvalue weighted by Crippen LogP contribution is 2.28. The van der Waals surface area contributed by atoms with Crippen molar-refractivity contribution in [3.05, 3.63) is 139 Å². The van der Waals surface area contributed by atoms with Gasteiger partial charge in [-0.05, 0) is 66.4 Å². The molecule has 2 unspecified atom stereocenters. The number of fused-ring (bicyclic) bond motifs is 4. The van der Waals surface area contributed by atoms with Crippen LogP contribution in [0.3, 0.4) is 0 Å². The maximum atomic E-state index is 11.0. The van der Waals surface area contributed by atoms with E-state index >= 15 is 0 Å². The lowest BCUT2D eigenvalue weighted by Gasteiger charge is -2.21. The Morgan fingerprint density at radius 3 is 1.30 bits per heavy atom. The molecule has 2 atom stereocenters. The van der Waals surface area contributed by atoms with Gasteiger partial charge in [0.15, 0.2) is 0 Å². The Hall–Kier alpha value is -3.46. The summed E-state index contributed by atoms with van der Waals surface area (Å²) in [6.45, 7) is 0. The van der Waals surface area contributed by atoms with Crippen LogP contribution in [0.2, 0.25) is 0 Å². The number of benzene rings is 4. The van der Waals surface area contributed by atoms with Crippen molar-refractivity contribution in [3.63, 3.8) is 0 Å². The number of hydrogen-bond acceptors (Lipinski definition) is 2. The summed E-state index contributed by atoms with van der Waals surface area (Å²) >= 11 is 0. The summed E-state index contributed by atoms with van der Waals surface area (Å²) in [5.41, 5.74) is 5.80. The Bertz CT molecular complexity index is 1410. The highest BCUT2D eigenvalue weighted by Gasteiger charge is 2.21. The number of aliphatic hydroxyl groups excluding tert-OH is 2. The van der Waals surface area contributed by atoms with E-state index < -0.39 is 12.2 Å². The van der Waals surface area contributed by atoms with Crippen molar-refractivity contribution in [1.82, 2.24) is 0 Å². The molecular formula is C28H20O2. The van der Waals surface area contributed by atoms with E-state index in [4.69, 9.17) is 0 Å². The summed E-state index contributed by atoms with van der Waals surface area (Å²) < 4.78 is 0. The van der Waals surface area contributed by atoms with Crippen LogP contribution in [0.5, 0.6) is 0 Å². The molecule has 2 nitrogen and oxygen atoms in total. The van der Waals surface area contributed by atoms with Crippen LogP contribution in [0, 0.1) is 10.4 Å². The third-order valence-corrected chi connectivity index (χ3v) is 6.34. The predicted octanol–water partition coefficient (Wildman–Crippen LogP) is 3.42. The highest BCUT2D eigenvalue weighted by molar-refractivity contribution is 5.63. The van der Waals surface area contributed by atoms with E-state index in [9.17, 15) is 10.2 Å².